The van der Waals surface area contributed by atoms with Crippen LogP contribution in [-0.4, -0.2) is 36.7 Å². The fraction of sp³-hybridized carbons (Fsp3) is 0.226. The summed E-state index contributed by atoms with van der Waals surface area (Å²) in [6.07, 6.45) is 10.9. The van der Waals surface area contributed by atoms with Crippen LogP contribution < -0.4 is 5.32 Å². The van der Waals surface area contributed by atoms with Gasteiger partial charge in [0.2, 0.25) is 0 Å². The lowest BCUT2D eigenvalue weighted by molar-refractivity contribution is 0.489. The molecule has 7 rings (SSSR count). The second-order valence-corrected chi connectivity index (χ2v) is 10.3. The van der Waals surface area contributed by atoms with Crippen molar-refractivity contribution in [1.29, 1.82) is 0 Å². The zero-order chi connectivity index (χ0) is 26.2. The second kappa shape index (κ2) is 10.0. The summed E-state index contributed by atoms with van der Waals surface area (Å²) in [5.74, 6) is 0.531. The Morgan fingerprint density at radius 3 is 2.64 bits per heavy atom. The molecule has 0 aliphatic heterocycles. The Balaban J connectivity index is 1.20. The standard InChI is InChI=1S/C31H28FN7/c32-23-7-5-21(6-8-23)29-24-14-28(36-26(24)11-12-35-29)31-30-27(38-39-31)10-9-25(37-30)22-13-20(17-34-18-22)16-33-15-19-3-1-2-4-19/h5-14,17-19,33,36H,1-4,15-16H2,(H,38,39). The van der Waals surface area contributed by atoms with Gasteiger partial charge in [0.05, 0.1) is 22.6 Å². The van der Waals surface area contributed by atoms with Gasteiger partial charge in [0, 0.05) is 47.2 Å². The molecule has 3 N–H and O–H groups in total. The van der Waals surface area contributed by atoms with Crippen LogP contribution in [0.5, 0.6) is 0 Å². The molecule has 7 nitrogen and oxygen atoms in total. The van der Waals surface area contributed by atoms with Crippen molar-refractivity contribution in [3.63, 3.8) is 0 Å². The van der Waals surface area contributed by atoms with Gasteiger partial charge in [-0.1, -0.05) is 12.8 Å². The minimum atomic E-state index is -0.272. The zero-order valence-corrected chi connectivity index (χ0v) is 21.4. The molecule has 5 aromatic heterocycles. The average Bonchev–Trinajstić information content (AvgIpc) is 3.73. The van der Waals surface area contributed by atoms with Crippen LogP contribution in [0, 0.1) is 11.7 Å². The van der Waals surface area contributed by atoms with Crippen molar-refractivity contribution in [2.24, 2.45) is 5.92 Å². The van der Waals surface area contributed by atoms with E-state index in [0.29, 0.717) is 0 Å². The highest BCUT2D eigenvalue weighted by molar-refractivity contribution is 5.99. The lowest BCUT2D eigenvalue weighted by Crippen LogP contribution is -2.20. The molecule has 1 aliphatic rings. The van der Waals surface area contributed by atoms with E-state index in [4.69, 9.17) is 4.98 Å². The lowest BCUT2D eigenvalue weighted by atomic mass is 10.1. The molecule has 0 atom stereocenters. The van der Waals surface area contributed by atoms with Gasteiger partial charge in [-0.15, -0.1) is 0 Å². The Bertz CT molecular complexity index is 1760. The maximum absolute atomic E-state index is 13.5. The van der Waals surface area contributed by atoms with Gasteiger partial charge in [-0.2, -0.15) is 5.10 Å². The summed E-state index contributed by atoms with van der Waals surface area (Å²) in [5.41, 5.74) is 8.73. The Morgan fingerprint density at radius 1 is 0.897 bits per heavy atom. The van der Waals surface area contributed by atoms with E-state index < -0.39 is 0 Å². The maximum Gasteiger partial charge on any atom is 0.135 e. The molecule has 1 fully saturated rings. The molecular formula is C31H28FN7. The first-order valence-electron chi connectivity index (χ1n) is 13.5. The number of nitrogens with one attached hydrogen (secondary N) is 3. The van der Waals surface area contributed by atoms with Crippen molar-refractivity contribution >= 4 is 21.9 Å². The Kier molecular flexibility index (Phi) is 6.09. The van der Waals surface area contributed by atoms with Gasteiger partial charge >= 0.3 is 0 Å². The van der Waals surface area contributed by atoms with E-state index in [9.17, 15) is 4.39 Å². The van der Waals surface area contributed by atoms with Crippen LogP contribution in [0.2, 0.25) is 0 Å². The van der Waals surface area contributed by atoms with Crippen LogP contribution in [0.25, 0.3) is 55.8 Å². The predicted octanol–water partition coefficient (Wildman–Crippen LogP) is 6.65. The highest BCUT2D eigenvalue weighted by Crippen LogP contribution is 2.33. The summed E-state index contributed by atoms with van der Waals surface area (Å²) in [4.78, 5) is 17.5. The number of benzene rings is 1. The maximum atomic E-state index is 13.5. The number of fused-ring (bicyclic) bond motifs is 2. The zero-order valence-electron chi connectivity index (χ0n) is 21.4. The Morgan fingerprint density at radius 2 is 1.77 bits per heavy atom. The predicted molar refractivity (Wildman–Crippen MR) is 151 cm³/mol. The van der Waals surface area contributed by atoms with E-state index in [1.807, 2.05) is 36.7 Å². The minimum Gasteiger partial charge on any atom is -0.353 e. The summed E-state index contributed by atoms with van der Waals surface area (Å²) in [7, 11) is 0. The Labute approximate surface area is 224 Å². The molecule has 6 aromatic rings. The minimum absolute atomic E-state index is 0.272. The molecule has 39 heavy (non-hydrogen) atoms. The van der Waals surface area contributed by atoms with Crippen LogP contribution in [0.1, 0.15) is 31.2 Å². The molecule has 0 bridgehead atoms. The number of halogens is 1. The molecule has 1 aliphatic carbocycles. The summed E-state index contributed by atoms with van der Waals surface area (Å²) in [5, 5.41) is 12.2. The number of H-pyrrole nitrogens is 2. The smallest absolute Gasteiger partial charge is 0.135 e. The van der Waals surface area contributed by atoms with E-state index >= 15 is 0 Å². The van der Waals surface area contributed by atoms with Crippen molar-refractivity contribution < 1.29 is 4.39 Å². The van der Waals surface area contributed by atoms with Gasteiger partial charge in [-0.3, -0.25) is 15.1 Å². The topological polar surface area (TPSA) is 95.2 Å². The number of pyridine rings is 3. The number of hydrogen-bond donors (Lipinski definition) is 3. The fourth-order valence-corrected chi connectivity index (χ4v) is 5.63. The van der Waals surface area contributed by atoms with E-state index in [1.54, 1.807) is 18.3 Å². The molecule has 1 aromatic carbocycles. The fourth-order valence-electron chi connectivity index (χ4n) is 5.63. The van der Waals surface area contributed by atoms with Crippen LogP contribution >= 0.6 is 0 Å². The van der Waals surface area contributed by atoms with Crippen LogP contribution in [-0.2, 0) is 6.54 Å². The van der Waals surface area contributed by atoms with Crippen LogP contribution in [0.15, 0.2) is 73.2 Å². The van der Waals surface area contributed by atoms with Crippen molar-refractivity contribution in [1.82, 2.24) is 35.5 Å². The Hall–Kier alpha value is -4.43. The lowest BCUT2D eigenvalue weighted by Gasteiger charge is -2.11. The third-order valence-electron chi connectivity index (χ3n) is 7.66. The first-order chi connectivity index (χ1) is 19.2. The van der Waals surface area contributed by atoms with E-state index in [2.05, 4.69) is 36.5 Å². The van der Waals surface area contributed by atoms with E-state index in [1.165, 1.54) is 37.8 Å². The molecule has 1 saturated carbocycles. The monoisotopic (exact) mass is 517 g/mol. The van der Waals surface area contributed by atoms with Crippen molar-refractivity contribution in [2.45, 2.75) is 32.2 Å². The molecule has 8 heteroatoms. The molecule has 0 saturated heterocycles. The summed E-state index contributed by atoms with van der Waals surface area (Å²) in [6, 6.07) is 16.5. The van der Waals surface area contributed by atoms with Crippen molar-refractivity contribution in [3.05, 3.63) is 84.6 Å². The third-order valence-corrected chi connectivity index (χ3v) is 7.66. The largest absolute Gasteiger partial charge is 0.353 e. The number of aromatic nitrogens is 6. The first-order valence-corrected chi connectivity index (χ1v) is 13.5. The van der Waals surface area contributed by atoms with Crippen LogP contribution in [0.4, 0.5) is 4.39 Å². The van der Waals surface area contributed by atoms with Gasteiger partial charge in [0.1, 0.15) is 17.0 Å². The quantitative estimate of drug-likeness (QED) is 0.220. The molecule has 0 amide bonds. The molecule has 5 heterocycles. The van der Waals surface area contributed by atoms with E-state index in [0.717, 1.165) is 80.4 Å². The summed E-state index contributed by atoms with van der Waals surface area (Å²) >= 11 is 0. The SMILES string of the molecule is Fc1ccc(-c2nccc3[nH]c(-c4n[nH]c5ccc(-c6cncc(CNCC7CCCC7)c6)nc45)cc23)cc1. The molecule has 0 unspecified atom stereocenters. The third kappa shape index (κ3) is 4.68. The number of rotatable bonds is 7. The van der Waals surface area contributed by atoms with Crippen molar-refractivity contribution in [3.8, 4) is 33.9 Å². The molecule has 194 valence electrons. The number of aromatic amines is 2. The van der Waals surface area contributed by atoms with Gasteiger partial charge in [-0.05, 0) is 85.5 Å². The highest BCUT2D eigenvalue weighted by Gasteiger charge is 2.17. The normalized spacial score (nSPS) is 14.1. The van der Waals surface area contributed by atoms with Gasteiger partial charge in [0.15, 0.2) is 0 Å². The molecule has 0 radical (unpaired) electrons. The van der Waals surface area contributed by atoms with Crippen LogP contribution in [0.3, 0.4) is 0 Å². The van der Waals surface area contributed by atoms with Gasteiger partial charge in [0.25, 0.3) is 0 Å². The van der Waals surface area contributed by atoms with Gasteiger partial charge in [-0.25, -0.2) is 9.37 Å². The van der Waals surface area contributed by atoms with E-state index in [-0.39, 0.29) is 5.82 Å². The summed E-state index contributed by atoms with van der Waals surface area (Å²) in [6.45, 7) is 1.87. The molecular weight excluding hydrogens is 489 g/mol. The highest BCUT2D eigenvalue weighted by atomic mass is 19.1. The first kappa shape index (κ1) is 23.7. The number of hydrogen-bond acceptors (Lipinski definition) is 5. The average molecular weight is 518 g/mol. The van der Waals surface area contributed by atoms with Crippen molar-refractivity contribution in [2.75, 3.05) is 6.54 Å². The van der Waals surface area contributed by atoms with Gasteiger partial charge < -0.3 is 10.3 Å². The second-order valence-electron chi connectivity index (χ2n) is 10.3. The molecule has 0 spiro atoms. The number of nitrogens with zero attached hydrogens (tertiary/aromatic N) is 4. The summed E-state index contributed by atoms with van der Waals surface area (Å²) < 4.78 is 13.5.